The highest BCUT2D eigenvalue weighted by Crippen LogP contribution is 2.50. The number of rotatable bonds is 8. The minimum absolute atomic E-state index is 0.455. The van der Waals surface area contributed by atoms with Crippen molar-refractivity contribution in [3.8, 4) is 11.8 Å². The minimum Gasteiger partial charge on any atom is -0.496 e. The number of benzene rings is 3. The van der Waals surface area contributed by atoms with Gasteiger partial charge in [-0.15, -0.1) is 0 Å². The first kappa shape index (κ1) is 22.3. The summed E-state index contributed by atoms with van der Waals surface area (Å²) in [6, 6.07) is 23.3. The average molecular weight is 417 g/mol. The standard InChI is InChI=1S/C26H28N2O3/c1-18(16-28(2)3)26(17-27,25(29)30)24(22-13-7-8-15-23(22)31-4)21-14-9-11-19-10-5-6-12-20(19)21/h5-15,18,24H,16H2,1-4H3,(H,29,30)/t18?,24-,26+/m0/s1. The zero-order valence-corrected chi connectivity index (χ0v) is 18.4. The first-order valence-electron chi connectivity index (χ1n) is 10.3. The molecule has 0 aliphatic carbocycles. The van der Waals surface area contributed by atoms with E-state index in [1.807, 2.05) is 92.6 Å². The van der Waals surface area contributed by atoms with Crippen molar-refractivity contribution in [1.82, 2.24) is 4.90 Å². The molecule has 0 aliphatic rings. The van der Waals surface area contributed by atoms with Crippen LogP contribution in [-0.2, 0) is 4.79 Å². The predicted molar refractivity (Wildman–Crippen MR) is 122 cm³/mol. The summed E-state index contributed by atoms with van der Waals surface area (Å²) in [5, 5.41) is 22.9. The first-order chi connectivity index (χ1) is 14.9. The Morgan fingerprint density at radius 1 is 1.06 bits per heavy atom. The van der Waals surface area contributed by atoms with Crippen LogP contribution in [-0.4, -0.2) is 43.7 Å². The zero-order chi connectivity index (χ0) is 22.6. The van der Waals surface area contributed by atoms with Crippen LogP contribution >= 0.6 is 0 Å². The van der Waals surface area contributed by atoms with Crippen molar-refractivity contribution in [2.24, 2.45) is 11.3 Å². The highest BCUT2D eigenvalue weighted by molar-refractivity contribution is 5.89. The van der Waals surface area contributed by atoms with Gasteiger partial charge in [0.15, 0.2) is 5.41 Å². The van der Waals surface area contributed by atoms with Crippen LogP contribution < -0.4 is 4.74 Å². The van der Waals surface area contributed by atoms with Crippen molar-refractivity contribution in [2.75, 3.05) is 27.7 Å². The molecule has 0 fully saturated rings. The smallest absolute Gasteiger partial charge is 0.325 e. The maximum Gasteiger partial charge on any atom is 0.325 e. The van der Waals surface area contributed by atoms with Crippen LogP contribution in [0.25, 0.3) is 10.8 Å². The van der Waals surface area contributed by atoms with E-state index in [4.69, 9.17) is 4.74 Å². The summed E-state index contributed by atoms with van der Waals surface area (Å²) in [4.78, 5) is 14.8. The Kier molecular flexibility index (Phi) is 6.62. The van der Waals surface area contributed by atoms with E-state index in [2.05, 4.69) is 6.07 Å². The molecule has 0 heterocycles. The molecule has 5 nitrogen and oxygen atoms in total. The monoisotopic (exact) mass is 416 g/mol. The molecule has 5 heteroatoms. The van der Waals surface area contributed by atoms with E-state index in [1.165, 1.54) is 0 Å². The highest BCUT2D eigenvalue weighted by Gasteiger charge is 2.53. The van der Waals surface area contributed by atoms with Crippen molar-refractivity contribution < 1.29 is 14.6 Å². The molecule has 0 amide bonds. The SMILES string of the molecule is COc1ccccc1[C@H](c1cccc2ccccc12)[C@](C#N)(C(=O)O)C(C)CN(C)C. The fourth-order valence-electron chi connectivity index (χ4n) is 4.60. The summed E-state index contributed by atoms with van der Waals surface area (Å²) in [5.74, 6) is -1.75. The molecule has 0 saturated carbocycles. The van der Waals surface area contributed by atoms with Crippen LogP contribution in [0, 0.1) is 22.7 Å². The number of nitrogens with zero attached hydrogens (tertiary/aromatic N) is 2. The van der Waals surface area contributed by atoms with E-state index in [0.717, 1.165) is 16.3 Å². The Labute approximate surface area is 183 Å². The quantitative estimate of drug-likeness (QED) is 0.572. The van der Waals surface area contributed by atoms with E-state index >= 15 is 0 Å². The molecule has 3 aromatic carbocycles. The molecule has 0 aromatic heterocycles. The molecule has 3 rings (SSSR count). The summed E-state index contributed by atoms with van der Waals surface area (Å²) < 4.78 is 5.63. The summed E-state index contributed by atoms with van der Waals surface area (Å²) >= 11 is 0. The van der Waals surface area contributed by atoms with Gasteiger partial charge in [-0.2, -0.15) is 5.26 Å². The Morgan fingerprint density at radius 3 is 2.32 bits per heavy atom. The number of methoxy groups -OCH3 is 1. The number of fused-ring (bicyclic) bond motifs is 1. The fourth-order valence-corrected chi connectivity index (χ4v) is 4.60. The second kappa shape index (κ2) is 9.20. The second-order valence-corrected chi connectivity index (χ2v) is 8.19. The van der Waals surface area contributed by atoms with Crippen LogP contribution in [0.5, 0.6) is 5.75 Å². The maximum atomic E-state index is 12.9. The van der Waals surface area contributed by atoms with Crippen LogP contribution in [0.3, 0.4) is 0 Å². The number of hydrogen-bond acceptors (Lipinski definition) is 4. The average Bonchev–Trinajstić information content (AvgIpc) is 2.76. The first-order valence-corrected chi connectivity index (χ1v) is 10.3. The van der Waals surface area contributed by atoms with Gasteiger partial charge in [0, 0.05) is 18.0 Å². The number of aliphatic carboxylic acids is 1. The molecule has 0 saturated heterocycles. The van der Waals surface area contributed by atoms with Gasteiger partial charge in [-0.05, 0) is 42.4 Å². The molecule has 3 atom stereocenters. The molecule has 0 bridgehead atoms. The van der Waals surface area contributed by atoms with E-state index in [-0.39, 0.29) is 0 Å². The number of carboxylic acids is 1. The Morgan fingerprint density at radius 2 is 1.68 bits per heavy atom. The lowest BCUT2D eigenvalue weighted by Gasteiger charge is -2.38. The van der Waals surface area contributed by atoms with E-state index in [9.17, 15) is 15.2 Å². The van der Waals surface area contributed by atoms with Gasteiger partial charge in [-0.3, -0.25) is 4.79 Å². The zero-order valence-electron chi connectivity index (χ0n) is 18.4. The number of nitriles is 1. The van der Waals surface area contributed by atoms with E-state index in [1.54, 1.807) is 7.11 Å². The third-order valence-corrected chi connectivity index (χ3v) is 5.99. The lowest BCUT2D eigenvalue weighted by atomic mass is 9.62. The fraction of sp³-hybridized carbons (Fsp3) is 0.308. The molecular formula is C26H28N2O3. The number of carbonyl (C=O) groups is 1. The van der Waals surface area contributed by atoms with Gasteiger partial charge in [0.2, 0.25) is 0 Å². The molecule has 3 aromatic rings. The minimum atomic E-state index is -1.71. The summed E-state index contributed by atoms with van der Waals surface area (Å²) in [6.07, 6.45) is 0. The Hall–Kier alpha value is -3.36. The molecule has 1 unspecified atom stereocenters. The number of ether oxygens (including phenoxy) is 1. The van der Waals surface area contributed by atoms with Gasteiger partial charge in [0.1, 0.15) is 5.75 Å². The largest absolute Gasteiger partial charge is 0.496 e. The molecule has 0 aliphatic heterocycles. The number of para-hydroxylation sites is 1. The molecule has 0 spiro atoms. The Balaban J connectivity index is 2.42. The summed E-state index contributed by atoms with van der Waals surface area (Å²) in [7, 11) is 5.34. The molecule has 160 valence electrons. The maximum absolute atomic E-state index is 12.9. The molecular weight excluding hydrogens is 388 g/mol. The van der Waals surface area contributed by atoms with Gasteiger partial charge in [-0.1, -0.05) is 67.6 Å². The summed E-state index contributed by atoms with van der Waals surface area (Å²) in [5.41, 5.74) is -0.212. The van der Waals surface area contributed by atoms with Crippen LogP contribution in [0.2, 0.25) is 0 Å². The van der Waals surface area contributed by atoms with Crippen molar-refractivity contribution in [2.45, 2.75) is 12.8 Å². The summed E-state index contributed by atoms with van der Waals surface area (Å²) in [6.45, 7) is 2.29. The van der Waals surface area contributed by atoms with Gasteiger partial charge >= 0.3 is 5.97 Å². The second-order valence-electron chi connectivity index (χ2n) is 8.19. The van der Waals surface area contributed by atoms with Crippen LogP contribution in [0.1, 0.15) is 24.0 Å². The number of carboxylic acid groups (broad SMARTS) is 1. The predicted octanol–water partition coefficient (Wildman–Crippen LogP) is 4.77. The Bertz CT molecular complexity index is 1110. The van der Waals surface area contributed by atoms with Crippen molar-refractivity contribution in [3.63, 3.8) is 0 Å². The normalized spacial score (nSPS) is 15.1. The molecule has 31 heavy (non-hydrogen) atoms. The van der Waals surface area contributed by atoms with Gasteiger partial charge in [-0.25, -0.2) is 0 Å². The lowest BCUT2D eigenvalue weighted by molar-refractivity contribution is -0.149. The molecule has 0 radical (unpaired) electrons. The topological polar surface area (TPSA) is 73.6 Å². The van der Waals surface area contributed by atoms with Crippen LogP contribution in [0.4, 0.5) is 0 Å². The van der Waals surface area contributed by atoms with E-state index < -0.39 is 23.2 Å². The number of hydrogen-bond donors (Lipinski definition) is 1. The lowest BCUT2D eigenvalue weighted by Crippen LogP contribution is -2.46. The third-order valence-electron chi connectivity index (χ3n) is 5.99. The van der Waals surface area contributed by atoms with Crippen molar-refractivity contribution >= 4 is 16.7 Å². The van der Waals surface area contributed by atoms with Gasteiger partial charge < -0.3 is 14.7 Å². The highest BCUT2D eigenvalue weighted by atomic mass is 16.5. The van der Waals surface area contributed by atoms with Crippen molar-refractivity contribution in [1.29, 1.82) is 5.26 Å². The van der Waals surface area contributed by atoms with Crippen LogP contribution in [0.15, 0.2) is 66.7 Å². The van der Waals surface area contributed by atoms with E-state index in [0.29, 0.717) is 17.9 Å². The third kappa shape index (κ3) is 3.99. The van der Waals surface area contributed by atoms with Crippen molar-refractivity contribution in [3.05, 3.63) is 77.9 Å². The van der Waals surface area contributed by atoms with Gasteiger partial charge in [0.05, 0.1) is 13.2 Å². The van der Waals surface area contributed by atoms with Gasteiger partial charge in [0.25, 0.3) is 0 Å². The molecule has 1 N–H and O–H groups in total.